The average molecular weight is 351 g/mol. The Morgan fingerprint density at radius 3 is 2.17 bits per heavy atom. The summed E-state index contributed by atoms with van der Waals surface area (Å²) < 4.78 is 26.7. The highest BCUT2D eigenvalue weighted by Crippen LogP contribution is 2.24. The van der Waals surface area contributed by atoms with Crippen molar-refractivity contribution in [2.75, 3.05) is 37.6 Å². The maximum atomic E-state index is 12.7. The maximum absolute atomic E-state index is 12.7. The molecule has 2 heterocycles. The van der Waals surface area contributed by atoms with E-state index in [9.17, 15) is 18.0 Å². The van der Waals surface area contributed by atoms with Crippen LogP contribution in [0.1, 0.15) is 19.3 Å². The smallest absolute Gasteiger partial charge is 0.243 e. The lowest BCUT2D eigenvalue weighted by Crippen LogP contribution is -2.47. The first-order valence-corrected chi connectivity index (χ1v) is 9.56. The second-order valence-electron chi connectivity index (χ2n) is 6.04. The van der Waals surface area contributed by atoms with Crippen molar-refractivity contribution in [2.45, 2.75) is 24.2 Å². The number of benzene rings is 1. The van der Waals surface area contributed by atoms with Crippen LogP contribution in [0.25, 0.3) is 0 Å². The van der Waals surface area contributed by atoms with Crippen LogP contribution >= 0.6 is 0 Å². The van der Waals surface area contributed by atoms with Crippen molar-refractivity contribution in [3.63, 3.8) is 0 Å². The maximum Gasteiger partial charge on any atom is 0.243 e. The van der Waals surface area contributed by atoms with Crippen molar-refractivity contribution in [1.82, 2.24) is 9.21 Å². The van der Waals surface area contributed by atoms with Crippen LogP contribution in [0.15, 0.2) is 29.2 Å². The molecule has 130 valence electrons. The summed E-state index contributed by atoms with van der Waals surface area (Å²) in [6.45, 7) is 2.09. The highest BCUT2D eigenvalue weighted by molar-refractivity contribution is 7.89. The fraction of sp³-hybridized carbons (Fsp3) is 0.500. The van der Waals surface area contributed by atoms with Gasteiger partial charge >= 0.3 is 0 Å². The zero-order valence-corrected chi connectivity index (χ0v) is 14.2. The molecular weight excluding hydrogens is 330 g/mol. The molecule has 0 aliphatic carbocycles. The van der Waals surface area contributed by atoms with Gasteiger partial charge in [0.05, 0.1) is 4.90 Å². The zero-order valence-electron chi connectivity index (χ0n) is 13.4. The number of sulfonamides is 1. The van der Waals surface area contributed by atoms with E-state index in [-0.39, 0.29) is 10.8 Å². The van der Waals surface area contributed by atoms with Gasteiger partial charge in [-0.05, 0) is 37.1 Å². The summed E-state index contributed by atoms with van der Waals surface area (Å²) >= 11 is 0. The highest BCUT2D eigenvalue weighted by Gasteiger charge is 2.28. The van der Waals surface area contributed by atoms with Crippen molar-refractivity contribution >= 4 is 28.0 Å². The number of carbonyl (C=O) groups excluding carboxylic acids is 2. The van der Waals surface area contributed by atoms with E-state index in [0.29, 0.717) is 39.1 Å². The third kappa shape index (κ3) is 3.29. The van der Waals surface area contributed by atoms with Crippen LogP contribution in [0.2, 0.25) is 0 Å². The second-order valence-corrected chi connectivity index (χ2v) is 7.98. The van der Waals surface area contributed by atoms with Gasteiger partial charge in [-0.2, -0.15) is 4.31 Å². The monoisotopic (exact) mass is 351 g/mol. The van der Waals surface area contributed by atoms with Crippen molar-refractivity contribution in [3.8, 4) is 0 Å². The molecule has 8 heteroatoms. The minimum atomic E-state index is -3.57. The predicted octanol–water partition coefficient (Wildman–Crippen LogP) is 0.666. The first kappa shape index (κ1) is 16.9. The fourth-order valence-corrected chi connectivity index (χ4v) is 4.50. The van der Waals surface area contributed by atoms with Crippen molar-refractivity contribution in [2.24, 2.45) is 0 Å². The summed E-state index contributed by atoms with van der Waals surface area (Å²) in [5, 5.41) is 0. The van der Waals surface area contributed by atoms with Gasteiger partial charge in [0, 0.05) is 44.8 Å². The molecule has 0 N–H and O–H groups in total. The average Bonchev–Trinajstić information content (AvgIpc) is 2.62. The van der Waals surface area contributed by atoms with Gasteiger partial charge in [-0.15, -0.1) is 0 Å². The summed E-state index contributed by atoms with van der Waals surface area (Å²) in [6.07, 6.45) is 3.16. The van der Waals surface area contributed by atoms with Crippen LogP contribution in [0, 0.1) is 0 Å². The predicted molar refractivity (Wildman–Crippen MR) is 89.0 cm³/mol. The van der Waals surface area contributed by atoms with Crippen LogP contribution in [0.3, 0.4) is 0 Å². The summed E-state index contributed by atoms with van der Waals surface area (Å²) in [5.74, 6) is 0.0850. The number of rotatable bonds is 4. The molecule has 2 saturated heterocycles. The first-order chi connectivity index (χ1) is 11.5. The molecule has 0 aromatic heterocycles. The highest BCUT2D eigenvalue weighted by atomic mass is 32.2. The van der Waals surface area contributed by atoms with Crippen molar-refractivity contribution < 1.29 is 18.0 Å². The quantitative estimate of drug-likeness (QED) is 0.747. The van der Waals surface area contributed by atoms with E-state index >= 15 is 0 Å². The van der Waals surface area contributed by atoms with Gasteiger partial charge in [0.25, 0.3) is 0 Å². The molecule has 0 spiro atoms. The Morgan fingerprint density at radius 1 is 0.917 bits per heavy atom. The van der Waals surface area contributed by atoms with E-state index < -0.39 is 10.0 Å². The Kier molecular flexibility index (Phi) is 4.86. The van der Waals surface area contributed by atoms with Gasteiger partial charge in [-0.3, -0.25) is 9.59 Å². The zero-order chi connectivity index (χ0) is 17.2. The number of hydrogen-bond acceptors (Lipinski definition) is 4. The molecule has 24 heavy (non-hydrogen) atoms. The van der Waals surface area contributed by atoms with E-state index in [1.807, 2.05) is 0 Å². The fourth-order valence-electron chi connectivity index (χ4n) is 3.08. The first-order valence-electron chi connectivity index (χ1n) is 8.12. The molecule has 2 aliphatic heterocycles. The molecule has 0 radical (unpaired) electrons. The Bertz CT molecular complexity index is 709. The molecule has 2 aliphatic rings. The van der Waals surface area contributed by atoms with Crippen LogP contribution in [-0.4, -0.2) is 62.7 Å². The number of hydrogen-bond donors (Lipinski definition) is 0. The Morgan fingerprint density at radius 2 is 1.58 bits per heavy atom. The third-order valence-corrected chi connectivity index (χ3v) is 6.44. The van der Waals surface area contributed by atoms with Crippen LogP contribution in [0.5, 0.6) is 0 Å². The number of amides is 2. The lowest BCUT2D eigenvalue weighted by atomic mass is 10.1. The number of anilines is 1. The molecule has 3 rings (SSSR count). The SMILES string of the molecule is O=CN1CCN(S(=O)(=O)c2ccc(N3CCCCC3=O)cc2)CC1. The van der Waals surface area contributed by atoms with Crippen LogP contribution < -0.4 is 4.90 Å². The molecule has 0 bridgehead atoms. The van der Waals surface area contributed by atoms with E-state index in [0.717, 1.165) is 24.9 Å². The molecule has 1 aromatic rings. The lowest BCUT2D eigenvalue weighted by Gasteiger charge is -2.32. The second kappa shape index (κ2) is 6.90. The van der Waals surface area contributed by atoms with E-state index in [1.165, 1.54) is 4.31 Å². The van der Waals surface area contributed by atoms with Crippen LogP contribution in [0.4, 0.5) is 5.69 Å². The standard InChI is InChI=1S/C16H21N3O4S/c20-13-17-9-11-18(12-10-17)24(22,23)15-6-4-14(5-7-15)19-8-2-1-3-16(19)21/h4-7,13H,1-3,8-12H2. The Balaban J connectivity index is 1.75. The summed E-state index contributed by atoms with van der Waals surface area (Å²) in [5.41, 5.74) is 0.740. The van der Waals surface area contributed by atoms with E-state index in [1.54, 1.807) is 34.1 Å². The lowest BCUT2D eigenvalue weighted by molar-refractivity contribution is -0.120. The number of nitrogens with zero attached hydrogens (tertiary/aromatic N) is 3. The Hall–Kier alpha value is -1.93. The molecular formula is C16H21N3O4S. The van der Waals surface area contributed by atoms with Gasteiger partial charge in [0.15, 0.2) is 0 Å². The molecule has 2 amide bonds. The normalized spacial score (nSPS) is 20.2. The van der Waals surface area contributed by atoms with E-state index in [2.05, 4.69) is 0 Å². The largest absolute Gasteiger partial charge is 0.343 e. The van der Waals surface area contributed by atoms with Gasteiger partial charge in [0.1, 0.15) is 0 Å². The topological polar surface area (TPSA) is 78.0 Å². The van der Waals surface area contributed by atoms with Gasteiger partial charge in [-0.25, -0.2) is 8.42 Å². The Labute approximate surface area is 141 Å². The van der Waals surface area contributed by atoms with Crippen molar-refractivity contribution in [3.05, 3.63) is 24.3 Å². The minimum Gasteiger partial charge on any atom is -0.343 e. The van der Waals surface area contributed by atoms with Gasteiger partial charge < -0.3 is 9.80 Å². The molecule has 0 unspecified atom stereocenters. The van der Waals surface area contributed by atoms with E-state index in [4.69, 9.17) is 0 Å². The number of carbonyl (C=O) groups is 2. The summed E-state index contributed by atoms with van der Waals surface area (Å²) in [6, 6.07) is 6.49. The molecule has 1 aromatic carbocycles. The summed E-state index contributed by atoms with van der Waals surface area (Å²) in [7, 11) is -3.57. The van der Waals surface area contributed by atoms with Crippen LogP contribution in [-0.2, 0) is 19.6 Å². The van der Waals surface area contributed by atoms with Gasteiger partial charge in [-0.1, -0.05) is 0 Å². The third-order valence-electron chi connectivity index (χ3n) is 4.53. The number of piperazine rings is 1. The summed E-state index contributed by atoms with van der Waals surface area (Å²) in [4.78, 5) is 26.2. The molecule has 0 saturated carbocycles. The molecule has 0 atom stereocenters. The minimum absolute atomic E-state index is 0.0850. The van der Waals surface area contributed by atoms with Crippen molar-refractivity contribution in [1.29, 1.82) is 0 Å². The van der Waals surface area contributed by atoms with Gasteiger partial charge in [0.2, 0.25) is 22.3 Å². The molecule has 7 nitrogen and oxygen atoms in total. The molecule has 2 fully saturated rings. The number of piperidine rings is 1.